The van der Waals surface area contributed by atoms with Crippen molar-refractivity contribution in [3.63, 3.8) is 0 Å². The predicted molar refractivity (Wildman–Crippen MR) is 70.1 cm³/mol. The van der Waals surface area contributed by atoms with Gasteiger partial charge in [-0.25, -0.2) is 0 Å². The zero-order valence-electron chi connectivity index (χ0n) is 11.7. The predicted octanol–water partition coefficient (Wildman–Crippen LogP) is 2.13. The molecule has 1 atom stereocenters. The normalized spacial score (nSPS) is 12.3. The molecule has 1 N–H and O–H groups in total. The van der Waals surface area contributed by atoms with Crippen molar-refractivity contribution in [1.29, 1.82) is 0 Å². The number of anilines is 1. The van der Waals surface area contributed by atoms with E-state index in [9.17, 15) is 0 Å². The molecule has 0 spiro atoms. The van der Waals surface area contributed by atoms with Gasteiger partial charge >= 0.3 is 12.0 Å². The Morgan fingerprint density at radius 3 is 2.33 bits per heavy atom. The first-order chi connectivity index (χ1) is 8.55. The first kappa shape index (κ1) is 14.5. The molecule has 0 aliphatic heterocycles. The lowest BCUT2D eigenvalue weighted by Gasteiger charge is -2.15. The van der Waals surface area contributed by atoms with Crippen molar-refractivity contribution in [3.8, 4) is 12.0 Å². The number of hydrogen-bond donors (Lipinski definition) is 1. The summed E-state index contributed by atoms with van der Waals surface area (Å²) in [4.78, 5) is 12.3. The van der Waals surface area contributed by atoms with E-state index in [2.05, 4.69) is 34.1 Å². The molecule has 0 aliphatic rings. The van der Waals surface area contributed by atoms with Gasteiger partial charge < -0.3 is 14.8 Å². The lowest BCUT2D eigenvalue weighted by molar-refractivity contribution is 0.173. The molecule has 6 heteroatoms. The summed E-state index contributed by atoms with van der Waals surface area (Å²) in [5, 5.41) is 2.86. The highest BCUT2D eigenvalue weighted by Gasteiger charge is 2.12. The number of ether oxygens (including phenoxy) is 2. The van der Waals surface area contributed by atoms with E-state index in [1.165, 1.54) is 0 Å². The molecule has 1 aromatic heterocycles. The molecular formula is C12H22N4O2. The van der Waals surface area contributed by atoms with Gasteiger partial charge in [0, 0.05) is 7.05 Å². The maximum atomic E-state index is 5.67. The summed E-state index contributed by atoms with van der Waals surface area (Å²) < 4.78 is 10.9. The zero-order chi connectivity index (χ0) is 13.5. The summed E-state index contributed by atoms with van der Waals surface area (Å²) >= 11 is 0. The van der Waals surface area contributed by atoms with Crippen LogP contribution >= 0.6 is 0 Å². The highest BCUT2D eigenvalue weighted by atomic mass is 16.5. The van der Waals surface area contributed by atoms with E-state index in [0.717, 1.165) is 6.42 Å². The fourth-order valence-electron chi connectivity index (χ4n) is 1.59. The SMILES string of the molecule is CCOc1nc(NC)nc(OC(C)CC(C)C)n1. The third-order valence-electron chi connectivity index (χ3n) is 2.20. The van der Waals surface area contributed by atoms with Gasteiger partial charge in [-0.05, 0) is 26.2 Å². The number of aromatic nitrogens is 3. The summed E-state index contributed by atoms with van der Waals surface area (Å²) in [6.07, 6.45) is 1.01. The van der Waals surface area contributed by atoms with Gasteiger partial charge in [0.25, 0.3) is 0 Å². The van der Waals surface area contributed by atoms with E-state index >= 15 is 0 Å². The molecule has 102 valence electrons. The highest BCUT2D eigenvalue weighted by Crippen LogP contribution is 2.16. The minimum Gasteiger partial charge on any atom is -0.464 e. The van der Waals surface area contributed by atoms with Crippen LogP contribution in [0.15, 0.2) is 0 Å². The quantitative estimate of drug-likeness (QED) is 0.803. The highest BCUT2D eigenvalue weighted by molar-refractivity contribution is 5.26. The van der Waals surface area contributed by atoms with E-state index in [0.29, 0.717) is 24.5 Å². The van der Waals surface area contributed by atoms with Gasteiger partial charge in [0.15, 0.2) is 0 Å². The molecule has 0 aromatic carbocycles. The van der Waals surface area contributed by atoms with E-state index in [-0.39, 0.29) is 12.1 Å². The Kier molecular flexibility index (Phi) is 5.61. The number of nitrogens with zero attached hydrogens (tertiary/aromatic N) is 3. The van der Waals surface area contributed by atoms with Gasteiger partial charge in [0.05, 0.1) is 12.7 Å². The van der Waals surface area contributed by atoms with Crippen LogP contribution in [0.3, 0.4) is 0 Å². The Balaban J connectivity index is 2.77. The number of nitrogens with one attached hydrogen (secondary N) is 1. The Bertz CT molecular complexity index is 371. The first-order valence-corrected chi connectivity index (χ1v) is 6.28. The topological polar surface area (TPSA) is 69.2 Å². The summed E-state index contributed by atoms with van der Waals surface area (Å²) in [6, 6.07) is 0.578. The Morgan fingerprint density at radius 1 is 1.11 bits per heavy atom. The summed E-state index contributed by atoms with van der Waals surface area (Å²) in [6.45, 7) is 8.69. The van der Waals surface area contributed by atoms with Crippen LogP contribution in [-0.2, 0) is 0 Å². The van der Waals surface area contributed by atoms with Crippen LogP contribution < -0.4 is 14.8 Å². The summed E-state index contributed by atoms with van der Waals surface area (Å²) in [7, 11) is 1.74. The van der Waals surface area contributed by atoms with Gasteiger partial charge in [-0.15, -0.1) is 4.98 Å². The Hall–Kier alpha value is -1.59. The molecule has 1 rings (SSSR count). The fraction of sp³-hybridized carbons (Fsp3) is 0.750. The molecule has 1 heterocycles. The van der Waals surface area contributed by atoms with Crippen LogP contribution in [0.2, 0.25) is 0 Å². The Labute approximate surface area is 108 Å². The lowest BCUT2D eigenvalue weighted by atomic mass is 10.1. The van der Waals surface area contributed by atoms with E-state index < -0.39 is 0 Å². The lowest BCUT2D eigenvalue weighted by Crippen LogP contribution is -2.17. The van der Waals surface area contributed by atoms with Crippen molar-refractivity contribution in [3.05, 3.63) is 0 Å². The number of rotatable bonds is 7. The molecule has 0 saturated carbocycles. The minimum absolute atomic E-state index is 0.0617. The maximum Gasteiger partial charge on any atom is 0.324 e. The standard InChI is InChI=1S/C12H22N4O2/c1-6-17-11-14-10(13-5)15-12(16-11)18-9(4)7-8(2)3/h8-9H,6-7H2,1-5H3,(H,13,14,15,16). The molecule has 0 radical (unpaired) electrons. The molecule has 1 aromatic rings. The smallest absolute Gasteiger partial charge is 0.324 e. The van der Waals surface area contributed by atoms with Crippen LogP contribution in [0.5, 0.6) is 12.0 Å². The molecule has 6 nitrogen and oxygen atoms in total. The van der Waals surface area contributed by atoms with E-state index in [1.54, 1.807) is 7.05 Å². The van der Waals surface area contributed by atoms with Crippen LogP contribution in [-0.4, -0.2) is 34.7 Å². The fourth-order valence-corrected chi connectivity index (χ4v) is 1.59. The summed E-state index contributed by atoms with van der Waals surface area (Å²) in [5.74, 6) is 1.01. The van der Waals surface area contributed by atoms with Crippen molar-refractivity contribution < 1.29 is 9.47 Å². The number of hydrogen-bond acceptors (Lipinski definition) is 6. The van der Waals surface area contributed by atoms with Crippen LogP contribution in [0.25, 0.3) is 0 Å². The average Bonchev–Trinajstić information content (AvgIpc) is 2.27. The van der Waals surface area contributed by atoms with Crippen LogP contribution in [0, 0.1) is 5.92 Å². The van der Waals surface area contributed by atoms with Crippen LogP contribution in [0.4, 0.5) is 5.95 Å². The van der Waals surface area contributed by atoms with Crippen molar-refractivity contribution in [1.82, 2.24) is 15.0 Å². The molecule has 18 heavy (non-hydrogen) atoms. The average molecular weight is 254 g/mol. The van der Waals surface area contributed by atoms with Gasteiger partial charge in [-0.1, -0.05) is 13.8 Å². The zero-order valence-corrected chi connectivity index (χ0v) is 11.7. The third-order valence-corrected chi connectivity index (χ3v) is 2.20. The maximum absolute atomic E-state index is 5.67. The Morgan fingerprint density at radius 2 is 1.78 bits per heavy atom. The second-order valence-electron chi connectivity index (χ2n) is 4.47. The molecule has 1 unspecified atom stereocenters. The second-order valence-corrected chi connectivity index (χ2v) is 4.47. The van der Waals surface area contributed by atoms with E-state index in [1.807, 2.05) is 13.8 Å². The van der Waals surface area contributed by atoms with Gasteiger partial charge in [0.2, 0.25) is 5.95 Å². The molecule has 0 saturated heterocycles. The van der Waals surface area contributed by atoms with Gasteiger partial charge in [-0.2, -0.15) is 9.97 Å². The molecule has 0 fully saturated rings. The summed E-state index contributed by atoms with van der Waals surface area (Å²) in [5.41, 5.74) is 0. The largest absolute Gasteiger partial charge is 0.464 e. The molecule has 0 aliphatic carbocycles. The molecule has 0 amide bonds. The second kappa shape index (κ2) is 6.98. The van der Waals surface area contributed by atoms with Crippen molar-refractivity contribution in [2.24, 2.45) is 5.92 Å². The van der Waals surface area contributed by atoms with Crippen molar-refractivity contribution >= 4 is 5.95 Å². The third kappa shape index (κ3) is 4.73. The molecule has 0 bridgehead atoms. The minimum atomic E-state index is 0.0617. The van der Waals surface area contributed by atoms with Gasteiger partial charge in [0.1, 0.15) is 0 Å². The first-order valence-electron chi connectivity index (χ1n) is 6.28. The van der Waals surface area contributed by atoms with Crippen molar-refractivity contribution in [2.45, 2.75) is 40.2 Å². The molecular weight excluding hydrogens is 232 g/mol. The van der Waals surface area contributed by atoms with E-state index in [4.69, 9.17) is 9.47 Å². The van der Waals surface area contributed by atoms with Gasteiger partial charge in [-0.3, -0.25) is 0 Å². The monoisotopic (exact) mass is 254 g/mol. The van der Waals surface area contributed by atoms with Crippen molar-refractivity contribution in [2.75, 3.05) is 19.0 Å². The van der Waals surface area contributed by atoms with Crippen LogP contribution in [0.1, 0.15) is 34.1 Å².